The SMILES string of the molecule is CCC(CC)Oc1cc(F)cc(CO)c1. The maximum atomic E-state index is 13.1. The van der Waals surface area contributed by atoms with Gasteiger partial charge in [-0.2, -0.15) is 0 Å². The fourth-order valence-corrected chi connectivity index (χ4v) is 1.43. The molecule has 0 aliphatic carbocycles. The minimum Gasteiger partial charge on any atom is -0.490 e. The minimum atomic E-state index is -0.373. The first-order valence-corrected chi connectivity index (χ1v) is 5.26. The van der Waals surface area contributed by atoms with Crippen molar-refractivity contribution in [1.29, 1.82) is 0 Å². The molecular weight excluding hydrogens is 195 g/mol. The lowest BCUT2D eigenvalue weighted by Gasteiger charge is -2.16. The molecule has 0 atom stereocenters. The monoisotopic (exact) mass is 212 g/mol. The molecule has 0 saturated heterocycles. The van der Waals surface area contributed by atoms with Crippen molar-refractivity contribution in [2.24, 2.45) is 0 Å². The van der Waals surface area contributed by atoms with Gasteiger partial charge in [-0.1, -0.05) is 13.8 Å². The first-order chi connectivity index (χ1) is 7.19. The Kier molecular flexibility index (Phi) is 4.56. The summed E-state index contributed by atoms with van der Waals surface area (Å²) in [4.78, 5) is 0. The lowest BCUT2D eigenvalue weighted by atomic mass is 10.2. The van der Waals surface area contributed by atoms with E-state index < -0.39 is 0 Å². The largest absolute Gasteiger partial charge is 0.490 e. The van der Waals surface area contributed by atoms with E-state index in [1.807, 2.05) is 13.8 Å². The summed E-state index contributed by atoms with van der Waals surface area (Å²) in [6.07, 6.45) is 1.89. The molecule has 0 unspecified atom stereocenters. The van der Waals surface area contributed by atoms with Gasteiger partial charge >= 0.3 is 0 Å². The van der Waals surface area contributed by atoms with Crippen LogP contribution >= 0.6 is 0 Å². The third-order valence-electron chi connectivity index (χ3n) is 2.33. The van der Waals surface area contributed by atoms with Crippen LogP contribution in [0, 0.1) is 5.82 Å². The highest BCUT2D eigenvalue weighted by Crippen LogP contribution is 2.19. The highest BCUT2D eigenvalue weighted by molar-refractivity contribution is 5.29. The number of benzene rings is 1. The average molecular weight is 212 g/mol. The summed E-state index contributed by atoms with van der Waals surface area (Å²) in [6, 6.07) is 4.32. The standard InChI is InChI=1S/C12H17FO2/c1-3-11(4-2)15-12-6-9(8-14)5-10(13)7-12/h5-7,11,14H,3-4,8H2,1-2H3. The van der Waals surface area contributed by atoms with Gasteiger partial charge in [-0.15, -0.1) is 0 Å². The van der Waals surface area contributed by atoms with Gasteiger partial charge in [-0.25, -0.2) is 4.39 Å². The third kappa shape index (κ3) is 3.51. The van der Waals surface area contributed by atoms with Crippen molar-refractivity contribution < 1.29 is 14.2 Å². The first kappa shape index (κ1) is 12.0. The summed E-state index contributed by atoms with van der Waals surface area (Å²) >= 11 is 0. The lowest BCUT2D eigenvalue weighted by Crippen LogP contribution is -2.13. The van der Waals surface area contributed by atoms with Crippen molar-refractivity contribution in [1.82, 2.24) is 0 Å². The van der Waals surface area contributed by atoms with Crippen LogP contribution in [0.4, 0.5) is 4.39 Å². The molecule has 0 bridgehead atoms. The van der Waals surface area contributed by atoms with Gasteiger partial charge in [-0.05, 0) is 30.5 Å². The van der Waals surface area contributed by atoms with Gasteiger partial charge in [0.05, 0.1) is 12.7 Å². The van der Waals surface area contributed by atoms with Crippen LogP contribution in [0.15, 0.2) is 18.2 Å². The van der Waals surface area contributed by atoms with E-state index in [0.29, 0.717) is 11.3 Å². The molecule has 0 heterocycles. The summed E-state index contributed by atoms with van der Waals surface area (Å²) in [7, 11) is 0. The van der Waals surface area contributed by atoms with Crippen LogP contribution in [-0.2, 0) is 6.61 Å². The number of aliphatic hydroxyl groups excluding tert-OH is 1. The van der Waals surface area contributed by atoms with Gasteiger partial charge in [0.1, 0.15) is 11.6 Å². The smallest absolute Gasteiger partial charge is 0.127 e. The van der Waals surface area contributed by atoms with Crippen LogP contribution in [0.1, 0.15) is 32.3 Å². The molecule has 0 amide bonds. The maximum absolute atomic E-state index is 13.1. The van der Waals surface area contributed by atoms with Gasteiger partial charge in [0.2, 0.25) is 0 Å². The van der Waals surface area contributed by atoms with Gasteiger partial charge in [0, 0.05) is 6.07 Å². The Morgan fingerprint density at radius 1 is 1.27 bits per heavy atom. The predicted molar refractivity (Wildman–Crippen MR) is 57.3 cm³/mol. The van der Waals surface area contributed by atoms with Crippen LogP contribution in [0.3, 0.4) is 0 Å². The molecule has 3 heteroatoms. The number of hydrogen-bond acceptors (Lipinski definition) is 2. The van der Waals surface area contributed by atoms with Crippen LogP contribution in [-0.4, -0.2) is 11.2 Å². The van der Waals surface area contributed by atoms with E-state index in [1.54, 1.807) is 6.07 Å². The fraction of sp³-hybridized carbons (Fsp3) is 0.500. The molecule has 15 heavy (non-hydrogen) atoms. The quantitative estimate of drug-likeness (QED) is 0.813. The summed E-state index contributed by atoms with van der Waals surface area (Å²) in [5.74, 6) is 0.121. The van der Waals surface area contributed by atoms with Gasteiger partial charge in [0.25, 0.3) is 0 Å². The molecule has 0 aliphatic rings. The number of hydrogen-bond donors (Lipinski definition) is 1. The highest BCUT2D eigenvalue weighted by atomic mass is 19.1. The first-order valence-electron chi connectivity index (χ1n) is 5.26. The lowest BCUT2D eigenvalue weighted by molar-refractivity contribution is 0.191. The minimum absolute atomic E-state index is 0.110. The molecule has 0 aromatic heterocycles. The molecule has 1 rings (SSSR count). The predicted octanol–water partition coefficient (Wildman–Crippen LogP) is 2.89. The van der Waals surface area contributed by atoms with Crippen LogP contribution in [0.25, 0.3) is 0 Å². The van der Waals surface area contributed by atoms with E-state index in [0.717, 1.165) is 12.8 Å². The molecule has 1 aromatic rings. The Bertz CT molecular complexity index is 308. The topological polar surface area (TPSA) is 29.5 Å². The highest BCUT2D eigenvalue weighted by Gasteiger charge is 2.07. The Morgan fingerprint density at radius 2 is 1.93 bits per heavy atom. The van der Waals surface area contributed by atoms with Crippen molar-refractivity contribution >= 4 is 0 Å². The number of ether oxygens (including phenoxy) is 1. The second-order valence-electron chi connectivity index (χ2n) is 3.51. The van der Waals surface area contributed by atoms with Crippen LogP contribution in [0.5, 0.6) is 5.75 Å². The molecular formula is C12H17FO2. The van der Waals surface area contributed by atoms with Gasteiger partial charge in [0.15, 0.2) is 0 Å². The van der Waals surface area contributed by atoms with Crippen molar-refractivity contribution in [3.63, 3.8) is 0 Å². The van der Waals surface area contributed by atoms with E-state index in [4.69, 9.17) is 9.84 Å². The third-order valence-corrected chi connectivity index (χ3v) is 2.33. The Hall–Kier alpha value is -1.09. The van der Waals surface area contributed by atoms with Gasteiger partial charge < -0.3 is 9.84 Å². The summed E-state index contributed by atoms with van der Waals surface area (Å²) in [6.45, 7) is 3.89. The Labute approximate surface area is 89.7 Å². The van der Waals surface area contributed by atoms with E-state index in [9.17, 15) is 4.39 Å². The molecule has 0 fully saturated rings. The van der Waals surface area contributed by atoms with E-state index in [2.05, 4.69) is 0 Å². The molecule has 0 saturated carbocycles. The van der Waals surface area contributed by atoms with Crippen LogP contribution in [0.2, 0.25) is 0 Å². The molecule has 2 nitrogen and oxygen atoms in total. The average Bonchev–Trinajstić information content (AvgIpc) is 2.25. The number of rotatable bonds is 5. The van der Waals surface area contributed by atoms with Crippen molar-refractivity contribution in [3.8, 4) is 5.75 Å². The van der Waals surface area contributed by atoms with Crippen molar-refractivity contribution in [2.45, 2.75) is 39.4 Å². The number of halogens is 1. The van der Waals surface area contributed by atoms with Crippen LogP contribution < -0.4 is 4.74 Å². The maximum Gasteiger partial charge on any atom is 0.127 e. The summed E-state index contributed by atoms with van der Waals surface area (Å²) in [5.41, 5.74) is 0.538. The van der Waals surface area contributed by atoms with E-state index in [1.165, 1.54) is 12.1 Å². The zero-order chi connectivity index (χ0) is 11.3. The molecule has 0 radical (unpaired) electrons. The summed E-state index contributed by atoms with van der Waals surface area (Å²) in [5, 5.41) is 8.91. The van der Waals surface area contributed by atoms with E-state index in [-0.39, 0.29) is 18.5 Å². The molecule has 0 spiro atoms. The molecule has 1 aromatic carbocycles. The fourth-order valence-electron chi connectivity index (χ4n) is 1.43. The second kappa shape index (κ2) is 5.71. The zero-order valence-electron chi connectivity index (χ0n) is 9.16. The van der Waals surface area contributed by atoms with Crippen molar-refractivity contribution in [3.05, 3.63) is 29.6 Å². The molecule has 84 valence electrons. The molecule has 1 N–H and O–H groups in total. The number of aliphatic hydroxyl groups is 1. The zero-order valence-corrected chi connectivity index (χ0v) is 9.16. The van der Waals surface area contributed by atoms with Gasteiger partial charge in [-0.3, -0.25) is 0 Å². The normalized spacial score (nSPS) is 10.7. The summed E-state index contributed by atoms with van der Waals surface area (Å²) < 4.78 is 18.7. The van der Waals surface area contributed by atoms with Crippen molar-refractivity contribution in [2.75, 3.05) is 0 Å². The molecule has 0 aliphatic heterocycles. The Balaban J connectivity index is 2.79. The Morgan fingerprint density at radius 3 is 2.47 bits per heavy atom. The second-order valence-corrected chi connectivity index (χ2v) is 3.51. The van der Waals surface area contributed by atoms with E-state index >= 15 is 0 Å².